The molecule has 1 saturated heterocycles. The van der Waals surface area contributed by atoms with Crippen LogP contribution in [0.25, 0.3) is 0 Å². The lowest BCUT2D eigenvalue weighted by Gasteiger charge is -2.38. The standard InChI is InChI=1S/C20H22FN3O3/c1-13-2-3-14(11-23-13)20(26)24-9-8-18(15(12-24)10-19(22)25)27-17-6-4-16(21)5-7-17/h2-7,11,15,18H,8-10,12H2,1H3,(H2,22,25)/t15-,18-/m0/s1. The van der Waals surface area contributed by atoms with E-state index < -0.39 is 5.91 Å². The van der Waals surface area contributed by atoms with Crippen LogP contribution in [0.5, 0.6) is 5.75 Å². The number of amides is 2. The maximum Gasteiger partial charge on any atom is 0.255 e. The number of ether oxygens (including phenoxy) is 1. The number of hydrogen-bond donors (Lipinski definition) is 1. The van der Waals surface area contributed by atoms with Crippen molar-refractivity contribution >= 4 is 11.8 Å². The van der Waals surface area contributed by atoms with Crippen LogP contribution in [0.15, 0.2) is 42.6 Å². The molecule has 1 aliphatic heterocycles. The summed E-state index contributed by atoms with van der Waals surface area (Å²) in [4.78, 5) is 30.1. The molecule has 1 aromatic carbocycles. The Morgan fingerprint density at radius 3 is 2.63 bits per heavy atom. The number of nitrogens with zero attached hydrogens (tertiary/aromatic N) is 2. The molecule has 0 unspecified atom stereocenters. The number of hydrogen-bond acceptors (Lipinski definition) is 4. The fourth-order valence-corrected chi connectivity index (χ4v) is 3.27. The Bertz CT molecular complexity index is 808. The molecule has 0 aliphatic carbocycles. The summed E-state index contributed by atoms with van der Waals surface area (Å²) in [6, 6.07) is 9.27. The summed E-state index contributed by atoms with van der Waals surface area (Å²) in [6.07, 6.45) is 1.95. The molecule has 6 nitrogen and oxygen atoms in total. The van der Waals surface area contributed by atoms with Crippen molar-refractivity contribution in [1.82, 2.24) is 9.88 Å². The molecule has 2 aromatic rings. The quantitative estimate of drug-likeness (QED) is 0.874. The van der Waals surface area contributed by atoms with Crippen LogP contribution in [-0.2, 0) is 4.79 Å². The summed E-state index contributed by atoms with van der Waals surface area (Å²) in [7, 11) is 0. The van der Waals surface area contributed by atoms with Gasteiger partial charge in [0.1, 0.15) is 17.7 Å². The van der Waals surface area contributed by atoms with Crippen molar-refractivity contribution in [2.75, 3.05) is 13.1 Å². The fourth-order valence-electron chi connectivity index (χ4n) is 3.27. The summed E-state index contributed by atoms with van der Waals surface area (Å²) >= 11 is 0. The number of nitrogens with two attached hydrogens (primary N) is 1. The predicted molar refractivity (Wildman–Crippen MR) is 97.6 cm³/mol. The SMILES string of the molecule is Cc1ccc(C(=O)N2CC[C@H](Oc3ccc(F)cc3)[C@@H](CC(N)=O)C2)cn1. The average molecular weight is 371 g/mol. The van der Waals surface area contributed by atoms with Gasteiger partial charge in [0.2, 0.25) is 5.91 Å². The summed E-state index contributed by atoms with van der Waals surface area (Å²) in [5, 5.41) is 0. The Morgan fingerprint density at radius 2 is 2.00 bits per heavy atom. The number of piperidine rings is 1. The smallest absolute Gasteiger partial charge is 0.255 e. The Morgan fingerprint density at radius 1 is 1.26 bits per heavy atom. The van der Waals surface area contributed by atoms with E-state index in [9.17, 15) is 14.0 Å². The monoisotopic (exact) mass is 371 g/mol. The van der Waals surface area contributed by atoms with Gasteiger partial charge in [0, 0.05) is 43.7 Å². The Labute approximate surface area is 157 Å². The molecule has 2 amide bonds. The number of likely N-dealkylation sites (tertiary alicyclic amines) is 1. The number of primary amides is 1. The minimum absolute atomic E-state index is 0.113. The molecule has 1 aliphatic rings. The highest BCUT2D eigenvalue weighted by Gasteiger charge is 2.34. The zero-order valence-electron chi connectivity index (χ0n) is 15.1. The van der Waals surface area contributed by atoms with E-state index in [-0.39, 0.29) is 30.2 Å². The molecule has 0 radical (unpaired) electrons. The highest BCUT2D eigenvalue weighted by Crippen LogP contribution is 2.26. The third-order valence-electron chi connectivity index (χ3n) is 4.67. The van der Waals surface area contributed by atoms with E-state index in [2.05, 4.69) is 4.98 Å². The number of carbonyl (C=O) groups excluding carboxylic acids is 2. The largest absolute Gasteiger partial charge is 0.490 e. The molecule has 0 saturated carbocycles. The molecule has 0 spiro atoms. The zero-order chi connectivity index (χ0) is 19.4. The molecule has 2 atom stereocenters. The first-order valence-corrected chi connectivity index (χ1v) is 8.85. The Kier molecular flexibility index (Phi) is 5.69. The normalized spacial score (nSPS) is 19.6. The van der Waals surface area contributed by atoms with Gasteiger partial charge in [0.05, 0.1) is 5.56 Å². The maximum atomic E-state index is 13.1. The second-order valence-corrected chi connectivity index (χ2v) is 6.77. The number of pyridine rings is 1. The van der Waals surface area contributed by atoms with E-state index in [1.165, 1.54) is 12.1 Å². The lowest BCUT2D eigenvalue weighted by Crippen LogP contribution is -2.49. The molecule has 7 heteroatoms. The first kappa shape index (κ1) is 18.8. The van der Waals surface area contributed by atoms with Gasteiger partial charge in [-0.15, -0.1) is 0 Å². The number of carbonyl (C=O) groups is 2. The highest BCUT2D eigenvalue weighted by atomic mass is 19.1. The highest BCUT2D eigenvalue weighted by molar-refractivity contribution is 5.94. The van der Waals surface area contributed by atoms with Crippen LogP contribution in [0.4, 0.5) is 4.39 Å². The van der Waals surface area contributed by atoms with Crippen LogP contribution < -0.4 is 10.5 Å². The lowest BCUT2D eigenvalue weighted by molar-refractivity contribution is -0.120. The Balaban J connectivity index is 1.71. The molecule has 0 bridgehead atoms. The van der Waals surface area contributed by atoms with Crippen LogP contribution in [0.3, 0.4) is 0 Å². The van der Waals surface area contributed by atoms with Gasteiger partial charge in [-0.3, -0.25) is 14.6 Å². The van der Waals surface area contributed by atoms with Gasteiger partial charge in [-0.05, 0) is 43.3 Å². The molecular weight excluding hydrogens is 349 g/mol. The molecule has 27 heavy (non-hydrogen) atoms. The van der Waals surface area contributed by atoms with Crippen LogP contribution >= 0.6 is 0 Å². The summed E-state index contributed by atoms with van der Waals surface area (Å²) in [6.45, 7) is 2.71. The van der Waals surface area contributed by atoms with E-state index >= 15 is 0 Å². The van der Waals surface area contributed by atoms with Crippen LogP contribution in [-0.4, -0.2) is 40.9 Å². The molecule has 2 N–H and O–H groups in total. The number of rotatable bonds is 5. The predicted octanol–water partition coefficient (Wildman–Crippen LogP) is 2.31. The number of halogens is 1. The van der Waals surface area contributed by atoms with Crippen LogP contribution in [0.2, 0.25) is 0 Å². The molecule has 1 fully saturated rings. The van der Waals surface area contributed by atoms with Crippen molar-refractivity contribution in [3.8, 4) is 5.75 Å². The van der Waals surface area contributed by atoms with Crippen LogP contribution in [0.1, 0.15) is 28.9 Å². The van der Waals surface area contributed by atoms with Gasteiger partial charge in [-0.25, -0.2) is 4.39 Å². The van der Waals surface area contributed by atoms with Crippen molar-refractivity contribution in [1.29, 1.82) is 0 Å². The number of aromatic nitrogens is 1. The topological polar surface area (TPSA) is 85.5 Å². The van der Waals surface area contributed by atoms with Gasteiger partial charge in [0.25, 0.3) is 5.91 Å². The number of benzene rings is 1. The molecular formula is C20H22FN3O3. The first-order valence-electron chi connectivity index (χ1n) is 8.85. The van der Waals surface area contributed by atoms with Gasteiger partial charge < -0.3 is 15.4 Å². The second kappa shape index (κ2) is 8.16. The van der Waals surface area contributed by atoms with Gasteiger partial charge in [-0.2, -0.15) is 0 Å². The Hall–Kier alpha value is -2.96. The van der Waals surface area contributed by atoms with Crippen molar-refractivity contribution in [3.05, 3.63) is 59.7 Å². The van der Waals surface area contributed by atoms with Crippen molar-refractivity contribution < 1.29 is 18.7 Å². The average Bonchev–Trinajstić information content (AvgIpc) is 2.64. The maximum absolute atomic E-state index is 13.1. The summed E-state index contributed by atoms with van der Waals surface area (Å²) in [5.74, 6) is -0.624. The van der Waals surface area contributed by atoms with E-state index in [1.807, 2.05) is 6.92 Å². The van der Waals surface area contributed by atoms with Gasteiger partial charge in [-0.1, -0.05) is 0 Å². The fraction of sp³-hybridized carbons (Fsp3) is 0.350. The lowest BCUT2D eigenvalue weighted by atomic mass is 9.90. The summed E-state index contributed by atoms with van der Waals surface area (Å²) in [5.41, 5.74) is 6.74. The first-order chi connectivity index (χ1) is 12.9. The van der Waals surface area contributed by atoms with E-state index in [4.69, 9.17) is 10.5 Å². The molecule has 142 valence electrons. The van der Waals surface area contributed by atoms with Crippen LogP contribution in [0, 0.1) is 18.7 Å². The zero-order valence-corrected chi connectivity index (χ0v) is 15.1. The van der Waals surface area contributed by atoms with E-state index in [1.54, 1.807) is 35.4 Å². The van der Waals surface area contributed by atoms with Crippen molar-refractivity contribution in [2.45, 2.75) is 25.9 Å². The number of aryl methyl sites for hydroxylation is 1. The summed E-state index contributed by atoms with van der Waals surface area (Å²) < 4.78 is 19.0. The van der Waals surface area contributed by atoms with E-state index in [0.717, 1.165) is 5.69 Å². The second-order valence-electron chi connectivity index (χ2n) is 6.77. The van der Waals surface area contributed by atoms with Crippen molar-refractivity contribution in [2.24, 2.45) is 11.7 Å². The third kappa shape index (κ3) is 4.81. The van der Waals surface area contributed by atoms with Gasteiger partial charge in [0.15, 0.2) is 0 Å². The van der Waals surface area contributed by atoms with Crippen molar-refractivity contribution in [3.63, 3.8) is 0 Å². The minimum atomic E-state index is -0.445. The van der Waals surface area contributed by atoms with Gasteiger partial charge >= 0.3 is 0 Å². The van der Waals surface area contributed by atoms with E-state index in [0.29, 0.717) is 30.8 Å². The molecule has 1 aromatic heterocycles. The third-order valence-corrected chi connectivity index (χ3v) is 4.67. The molecule has 2 heterocycles. The minimum Gasteiger partial charge on any atom is -0.490 e. The molecule has 3 rings (SSSR count).